The van der Waals surface area contributed by atoms with E-state index in [0.29, 0.717) is 18.4 Å². The summed E-state index contributed by atoms with van der Waals surface area (Å²) in [6.45, 7) is 0.739. The van der Waals surface area contributed by atoms with E-state index in [1.54, 1.807) is 0 Å². The summed E-state index contributed by atoms with van der Waals surface area (Å²) < 4.78 is 0. The Kier molecular flexibility index (Phi) is 8.22. The van der Waals surface area contributed by atoms with E-state index in [-0.39, 0.29) is 11.8 Å². The van der Waals surface area contributed by atoms with Crippen molar-refractivity contribution in [3.05, 3.63) is 102 Å². The van der Waals surface area contributed by atoms with E-state index in [1.807, 2.05) is 42.5 Å². The molecule has 2 N–H and O–H groups in total. The first kappa shape index (κ1) is 25.8. The fourth-order valence-electron chi connectivity index (χ4n) is 5.59. The summed E-state index contributed by atoms with van der Waals surface area (Å²) in [5.41, 5.74) is 4.45. The van der Waals surface area contributed by atoms with E-state index in [1.165, 1.54) is 16.6 Å². The third-order valence-electron chi connectivity index (χ3n) is 7.74. The van der Waals surface area contributed by atoms with E-state index in [0.717, 1.165) is 49.1 Å². The van der Waals surface area contributed by atoms with Gasteiger partial charge < -0.3 is 15.5 Å². The van der Waals surface area contributed by atoms with Gasteiger partial charge in [-0.15, -0.1) is 0 Å². The Morgan fingerprint density at radius 1 is 0.895 bits per heavy atom. The van der Waals surface area contributed by atoms with Crippen molar-refractivity contribution in [2.24, 2.45) is 5.92 Å². The lowest BCUT2D eigenvalue weighted by Gasteiger charge is -2.30. The van der Waals surface area contributed by atoms with Gasteiger partial charge in [0.25, 0.3) is 0 Å². The predicted octanol–water partition coefficient (Wildman–Crippen LogP) is 6.41. The standard InChI is InChI=1S/C33H38N4O/c1-37(2)31-22-32(36-30-16-10-9-15-28(30)31)35-27-19-17-25(18-20-27)23-34-33(38)29(26-13-7-4-8-14-26)21-24-11-5-3-6-12-24/h3-16,22,25,27,29H,17-21,23H2,1-2H3,(H,34,38)(H,35,36). The van der Waals surface area contributed by atoms with E-state index in [4.69, 9.17) is 4.98 Å². The Balaban J connectivity index is 1.16. The van der Waals surface area contributed by atoms with Gasteiger partial charge in [-0.1, -0.05) is 78.9 Å². The van der Waals surface area contributed by atoms with Crippen molar-refractivity contribution in [3.8, 4) is 0 Å². The van der Waals surface area contributed by atoms with E-state index >= 15 is 0 Å². The van der Waals surface area contributed by atoms with Crippen LogP contribution >= 0.6 is 0 Å². The molecular weight excluding hydrogens is 468 g/mol. The van der Waals surface area contributed by atoms with Crippen molar-refractivity contribution >= 4 is 28.3 Å². The highest BCUT2D eigenvalue weighted by Gasteiger charge is 2.25. The molecule has 0 aliphatic heterocycles. The van der Waals surface area contributed by atoms with Crippen LogP contribution in [0.5, 0.6) is 0 Å². The summed E-state index contributed by atoms with van der Waals surface area (Å²) in [5, 5.41) is 8.16. The van der Waals surface area contributed by atoms with Gasteiger partial charge >= 0.3 is 0 Å². The highest BCUT2D eigenvalue weighted by Crippen LogP contribution is 2.30. The molecule has 1 atom stereocenters. The zero-order chi connectivity index (χ0) is 26.3. The highest BCUT2D eigenvalue weighted by molar-refractivity contribution is 5.93. The zero-order valence-electron chi connectivity index (χ0n) is 22.4. The number of nitrogens with zero attached hydrogens (tertiary/aromatic N) is 2. The minimum Gasteiger partial charge on any atom is -0.377 e. The number of carbonyl (C=O) groups is 1. The van der Waals surface area contributed by atoms with Gasteiger partial charge in [-0.3, -0.25) is 4.79 Å². The monoisotopic (exact) mass is 506 g/mol. The third-order valence-corrected chi connectivity index (χ3v) is 7.74. The van der Waals surface area contributed by atoms with Crippen molar-refractivity contribution in [2.45, 2.75) is 44.1 Å². The number of aromatic nitrogens is 1. The normalized spacial score (nSPS) is 18.1. The van der Waals surface area contributed by atoms with Crippen molar-refractivity contribution in [3.63, 3.8) is 0 Å². The number of para-hydroxylation sites is 1. The summed E-state index contributed by atoms with van der Waals surface area (Å²) in [4.78, 5) is 20.4. The van der Waals surface area contributed by atoms with Gasteiger partial charge in [-0.2, -0.15) is 0 Å². The number of amides is 1. The summed E-state index contributed by atoms with van der Waals surface area (Å²) in [6, 6.07) is 31.3. The first-order valence-corrected chi connectivity index (χ1v) is 13.8. The molecule has 196 valence electrons. The average Bonchev–Trinajstić information content (AvgIpc) is 2.96. The van der Waals surface area contributed by atoms with Gasteiger partial charge in [0, 0.05) is 43.8 Å². The van der Waals surface area contributed by atoms with Gasteiger partial charge in [0.2, 0.25) is 5.91 Å². The first-order valence-electron chi connectivity index (χ1n) is 13.8. The van der Waals surface area contributed by atoms with Crippen LogP contribution in [0.1, 0.15) is 42.7 Å². The Bertz CT molecular complexity index is 1330. The lowest BCUT2D eigenvalue weighted by atomic mass is 9.85. The molecule has 5 rings (SSSR count). The molecule has 1 aliphatic rings. The van der Waals surface area contributed by atoms with E-state index in [2.05, 4.69) is 78.2 Å². The largest absolute Gasteiger partial charge is 0.377 e. The molecule has 1 amide bonds. The van der Waals surface area contributed by atoms with Crippen LogP contribution in [0, 0.1) is 5.92 Å². The number of hydrogen-bond donors (Lipinski definition) is 2. The van der Waals surface area contributed by atoms with Crippen LogP contribution < -0.4 is 15.5 Å². The molecule has 1 saturated carbocycles. The quantitative estimate of drug-likeness (QED) is 0.275. The molecule has 1 aliphatic carbocycles. The molecule has 0 spiro atoms. The fraction of sp³-hybridized carbons (Fsp3) is 0.333. The van der Waals surface area contributed by atoms with E-state index in [9.17, 15) is 4.79 Å². The first-order chi connectivity index (χ1) is 18.6. The summed E-state index contributed by atoms with van der Waals surface area (Å²) in [5.74, 6) is 1.39. The third kappa shape index (κ3) is 6.34. The number of rotatable bonds is 9. The topological polar surface area (TPSA) is 57.3 Å². The number of nitrogens with one attached hydrogen (secondary N) is 2. The number of carbonyl (C=O) groups excluding carboxylic acids is 1. The fourth-order valence-corrected chi connectivity index (χ4v) is 5.59. The lowest BCUT2D eigenvalue weighted by molar-refractivity contribution is -0.122. The SMILES string of the molecule is CN(C)c1cc(NC2CCC(CNC(=O)C(Cc3ccccc3)c3ccccc3)CC2)nc2ccccc12. The zero-order valence-corrected chi connectivity index (χ0v) is 22.4. The van der Waals surface area contributed by atoms with Crippen molar-refractivity contribution in [2.75, 3.05) is 30.9 Å². The van der Waals surface area contributed by atoms with Crippen LogP contribution in [-0.2, 0) is 11.2 Å². The smallest absolute Gasteiger partial charge is 0.227 e. The average molecular weight is 507 g/mol. The molecule has 38 heavy (non-hydrogen) atoms. The molecule has 1 aromatic heterocycles. The number of benzene rings is 3. The highest BCUT2D eigenvalue weighted by atomic mass is 16.1. The molecule has 0 saturated heterocycles. The summed E-state index contributed by atoms with van der Waals surface area (Å²) >= 11 is 0. The maximum Gasteiger partial charge on any atom is 0.227 e. The Morgan fingerprint density at radius 2 is 1.55 bits per heavy atom. The number of pyridine rings is 1. The lowest BCUT2D eigenvalue weighted by Crippen LogP contribution is -2.37. The van der Waals surface area contributed by atoms with Gasteiger partial charge in [0.05, 0.1) is 11.4 Å². The van der Waals surface area contributed by atoms with Crippen molar-refractivity contribution < 1.29 is 4.79 Å². The van der Waals surface area contributed by atoms with Gasteiger partial charge in [-0.25, -0.2) is 4.98 Å². The number of hydrogen-bond acceptors (Lipinski definition) is 4. The van der Waals surface area contributed by atoms with Gasteiger partial charge in [0.15, 0.2) is 0 Å². The molecule has 3 aromatic carbocycles. The predicted molar refractivity (Wildman–Crippen MR) is 158 cm³/mol. The Labute approximate surface area is 226 Å². The minimum absolute atomic E-state index is 0.122. The second-order valence-electron chi connectivity index (χ2n) is 10.7. The number of anilines is 2. The molecule has 5 heteroatoms. The van der Waals surface area contributed by atoms with Gasteiger partial charge in [-0.05, 0) is 55.2 Å². The van der Waals surface area contributed by atoms with Crippen molar-refractivity contribution in [1.82, 2.24) is 10.3 Å². The summed E-state index contributed by atoms with van der Waals surface area (Å²) in [6.07, 6.45) is 5.07. The van der Waals surface area contributed by atoms with Crippen LogP contribution in [0.25, 0.3) is 10.9 Å². The molecule has 0 radical (unpaired) electrons. The van der Waals surface area contributed by atoms with Crippen LogP contribution in [0.15, 0.2) is 91.0 Å². The van der Waals surface area contributed by atoms with Crippen LogP contribution in [0.2, 0.25) is 0 Å². The van der Waals surface area contributed by atoms with Crippen LogP contribution in [0.3, 0.4) is 0 Å². The Morgan fingerprint density at radius 3 is 2.26 bits per heavy atom. The molecule has 1 heterocycles. The second-order valence-corrected chi connectivity index (χ2v) is 10.7. The van der Waals surface area contributed by atoms with Crippen LogP contribution in [0.4, 0.5) is 11.5 Å². The minimum atomic E-state index is -0.179. The number of fused-ring (bicyclic) bond motifs is 1. The maximum atomic E-state index is 13.4. The molecule has 5 nitrogen and oxygen atoms in total. The molecule has 4 aromatic rings. The Hall–Kier alpha value is -3.86. The maximum absolute atomic E-state index is 13.4. The molecule has 1 unspecified atom stereocenters. The molecule has 0 bridgehead atoms. The van der Waals surface area contributed by atoms with Crippen molar-refractivity contribution in [1.29, 1.82) is 0 Å². The molecular formula is C33H38N4O. The molecule has 1 fully saturated rings. The second kappa shape index (κ2) is 12.1. The van der Waals surface area contributed by atoms with E-state index < -0.39 is 0 Å². The van der Waals surface area contributed by atoms with Crippen LogP contribution in [-0.4, -0.2) is 37.6 Å². The van der Waals surface area contributed by atoms with Gasteiger partial charge in [0.1, 0.15) is 5.82 Å². The summed E-state index contributed by atoms with van der Waals surface area (Å²) in [7, 11) is 4.15.